The van der Waals surface area contributed by atoms with Gasteiger partial charge in [0.1, 0.15) is 0 Å². The van der Waals surface area contributed by atoms with Gasteiger partial charge in [-0.3, -0.25) is 10.1 Å². The van der Waals surface area contributed by atoms with Crippen LogP contribution in [0.3, 0.4) is 0 Å². The van der Waals surface area contributed by atoms with Crippen molar-refractivity contribution in [2.75, 3.05) is 19.8 Å². The molecule has 0 aromatic heterocycles. The number of likely N-dealkylation sites (tertiary alicyclic amines) is 1. The molecule has 1 aliphatic carbocycles. The van der Waals surface area contributed by atoms with E-state index in [0.29, 0.717) is 17.9 Å². The summed E-state index contributed by atoms with van der Waals surface area (Å²) in [5.41, 5.74) is 2.82. The molecule has 29 heavy (non-hydrogen) atoms. The third kappa shape index (κ3) is 4.86. The number of hydrogen-bond acceptors (Lipinski definition) is 3. The molecule has 3 fully saturated rings. The lowest BCUT2D eigenvalue weighted by Crippen LogP contribution is -2.46. The summed E-state index contributed by atoms with van der Waals surface area (Å²) in [7, 11) is 0. The smallest absolute Gasteiger partial charge is 0.240 e. The van der Waals surface area contributed by atoms with Crippen LogP contribution in [-0.2, 0) is 9.53 Å². The van der Waals surface area contributed by atoms with Gasteiger partial charge >= 0.3 is 0 Å². The van der Waals surface area contributed by atoms with Gasteiger partial charge < -0.3 is 9.64 Å². The molecule has 0 spiro atoms. The quantitative estimate of drug-likeness (QED) is 0.748. The van der Waals surface area contributed by atoms with E-state index in [1.54, 1.807) is 0 Å². The first-order chi connectivity index (χ1) is 14.1. The van der Waals surface area contributed by atoms with Crippen molar-refractivity contribution in [3.63, 3.8) is 0 Å². The van der Waals surface area contributed by atoms with Gasteiger partial charge in [-0.25, -0.2) is 0 Å². The minimum atomic E-state index is -0.0525. The predicted octanol–water partition coefficient (Wildman–Crippen LogP) is 4.80. The summed E-state index contributed by atoms with van der Waals surface area (Å²) in [5.74, 6) is 1.48. The fourth-order valence-electron chi connectivity index (χ4n) is 5.52. The van der Waals surface area contributed by atoms with Crippen LogP contribution in [0.2, 0.25) is 0 Å². The van der Waals surface area contributed by atoms with Crippen molar-refractivity contribution in [1.82, 2.24) is 10.2 Å². The Bertz CT molecular complexity index is 660. The van der Waals surface area contributed by atoms with Crippen LogP contribution in [0.15, 0.2) is 24.3 Å². The third-order valence-electron chi connectivity index (χ3n) is 7.29. The Balaban J connectivity index is 1.41. The number of benzene rings is 1. The van der Waals surface area contributed by atoms with Crippen molar-refractivity contribution in [1.29, 1.82) is 0 Å². The Hall–Kier alpha value is -1.39. The number of amides is 1. The lowest BCUT2D eigenvalue weighted by Gasteiger charge is -2.32. The normalized spacial score (nSPS) is 25.7. The highest BCUT2D eigenvalue weighted by Gasteiger charge is 2.37. The van der Waals surface area contributed by atoms with Gasteiger partial charge in [0, 0.05) is 31.8 Å². The van der Waals surface area contributed by atoms with Crippen LogP contribution in [0.1, 0.15) is 88.3 Å². The minimum absolute atomic E-state index is 0.0525. The van der Waals surface area contributed by atoms with E-state index in [1.165, 1.54) is 43.2 Å². The van der Waals surface area contributed by atoms with E-state index >= 15 is 0 Å². The Labute approximate surface area is 176 Å². The maximum absolute atomic E-state index is 13.1. The first-order valence-corrected chi connectivity index (χ1v) is 11.9. The molecule has 0 bridgehead atoms. The van der Waals surface area contributed by atoms with Gasteiger partial charge in [0.05, 0.1) is 6.04 Å². The summed E-state index contributed by atoms with van der Waals surface area (Å²) in [6.45, 7) is 6.96. The summed E-state index contributed by atoms with van der Waals surface area (Å²) in [4.78, 5) is 15.2. The predicted molar refractivity (Wildman–Crippen MR) is 117 cm³/mol. The number of carbonyl (C=O) groups excluding carboxylic acids is 1. The van der Waals surface area contributed by atoms with Gasteiger partial charge in [0.25, 0.3) is 0 Å². The van der Waals surface area contributed by atoms with E-state index in [9.17, 15) is 4.79 Å². The largest absolute Gasteiger partial charge is 0.381 e. The fraction of sp³-hybridized carbons (Fsp3) is 0.720. The lowest BCUT2D eigenvalue weighted by atomic mass is 9.83. The van der Waals surface area contributed by atoms with Gasteiger partial charge in [-0.05, 0) is 55.1 Å². The molecule has 1 aromatic carbocycles. The summed E-state index contributed by atoms with van der Waals surface area (Å²) in [6.07, 6.45) is 9.69. The SMILES string of the molecule is CC(C)[C@@H](N[C@@H]1CCN(C2CCOCC2)C1=O)c1ccc(C2CCCCC2)cc1. The minimum Gasteiger partial charge on any atom is -0.381 e. The Morgan fingerprint density at radius 2 is 1.66 bits per heavy atom. The van der Waals surface area contributed by atoms with E-state index in [2.05, 4.69) is 48.3 Å². The second kappa shape index (κ2) is 9.61. The monoisotopic (exact) mass is 398 g/mol. The zero-order valence-electron chi connectivity index (χ0n) is 18.2. The van der Waals surface area contributed by atoms with Gasteiger partial charge in [-0.2, -0.15) is 0 Å². The zero-order valence-corrected chi connectivity index (χ0v) is 18.2. The van der Waals surface area contributed by atoms with Gasteiger partial charge in [-0.15, -0.1) is 0 Å². The maximum atomic E-state index is 13.1. The summed E-state index contributed by atoms with van der Waals surface area (Å²) >= 11 is 0. The third-order valence-corrected chi connectivity index (χ3v) is 7.29. The van der Waals surface area contributed by atoms with Gasteiger partial charge in [0.2, 0.25) is 5.91 Å². The molecule has 0 radical (unpaired) electrons. The molecule has 2 aliphatic heterocycles. The summed E-state index contributed by atoms with van der Waals surface area (Å²) < 4.78 is 5.47. The van der Waals surface area contributed by atoms with Crippen molar-refractivity contribution < 1.29 is 9.53 Å². The van der Waals surface area contributed by atoms with Crippen LogP contribution in [0.25, 0.3) is 0 Å². The van der Waals surface area contributed by atoms with E-state index < -0.39 is 0 Å². The van der Waals surface area contributed by atoms with Crippen LogP contribution >= 0.6 is 0 Å². The first kappa shape index (κ1) is 20.9. The fourth-order valence-corrected chi connectivity index (χ4v) is 5.52. The van der Waals surface area contributed by atoms with Crippen LogP contribution in [0.5, 0.6) is 0 Å². The molecular weight excluding hydrogens is 360 g/mol. The highest BCUT2D eigenvalue weighted by Crippen LogP contribution is 2.34. The van der Waals surface area contributed by atoms with Crippen molar-refractivity contribution in [2.45, 2.75) is 89.3 Å². The van der Waals surface area contributed by atoms with Gasteiger partial charge in [0.15, 0.2) is 0 Å². The zero-order chi connectivity index (χ0) is 20.2. The van der Waals surface area contributed by atoms with E-state index in [0.717, 1.165) is 44.9 Å². The van der Waals surface area contributed by atoms with E-state index in [1.807, 2.05) is 0 Å². The number of carbonyl (C=O) groups is 1. The molecule has 3 aliphatic rings. The molecule has 160 valence electrons. The molecule has 1 aromatic rings. The average molecular weight is 399 g/mol. The average Bonchev–Trinajstić information content (AvgIpc) is 3.13. The Morgan fingerprint density at radius 3 is 2.31 bits per heavy atom. The van der Waals surface area contributed by atoms with Crippen LogP contribution in [0, 0.1) is 5.92 Å². The number of nitrogens with one attached hydrogen (secondary N) is 1. The first-order valence-electron chi connectivity index (χ1n) is 11.9. The number of ether oxygens (including phenoxy) is 1. The van der Waals surface area contributed by atoms with Gasteiger partial charge in [-0.1, -0.05) is 57.4 Å². The summed E-state index contributed by atoms with van der Waals surface area (Å²) in [6, 6.07) is 9.83. The van der Waals surface area contributed by atoms with E-state index in [-0.39, 0.29) is 12.1 Å². The molecule has 4 nitrogen and oxygen atoms in total. The molecular formula is C25H38N2O2. The van der Waals surface area contributed by atoms with Crippen molar-refractivity contribution >= 4 is 5.91 Å². The molecule has 2 atom stereocenters. The Kier molecular flexibility index (Phi) is 6.92. The van der Waals surface area contributed by atoms with Crippen molar-refractivity contribution in [3.05, 3.63) is 35.4 Å². The molecule has 0 unspecified atom stereocenters. The molecule has 2 heterocycles. The van der Waals surface area contributed by atoms with Crippen LogP contribution in [0.4, 0.5) is 0 Å². The summed E-state index contributed by atoms with van der Waals surface area (Å²) in [5, 5.41) is 3.73. The second-order valence-corrected chi connectivity index (χ2v) is 9.61. The second-order valence-electron chi connectivity index (χ2n) is 9.61. The van der Waals surface area contributed by atoms with Crippen molar-refractivity contribution in [2.24, 2.45) is 5.92 Å². The highest BCUT2D eigenvalue weighted by atomic mass is 16.5. The number of nitrogens with zero attached hydrogens (tertiary/aromatic N) is 1. The Morgan fingerprint density at radius 1 is 0.966 bits per heavy atom. The van der Waals surface area contributed by atoms with E-state index in [4.69, 9.17) is 4.74 Å². The maximum Gasteiger partial charge on any atom is 0.240 e. The highest BCUT2D eigenvalue weighted by molar-refractivity contribution is 5.84. The lowest BCUT2D eigenvalue weighted by molar-refractivity contribution is -0.133. The molecule has 1 N–H and O–H groups in total. The molecule has 1 amide bonds. The van der Waals surface area contributed by atoms with Crippen molar-refractivity contribution in [3.8, 4) is 0 Å². The standard InChI is InChI=1S/C25H38N2O2/c1-18(2)24(21-10-8-20(9-11-21)19-6-4-3-5-7-19)26-23-12-15-27(25(23)28)22-13-16-29-17-14-22/h8-11,18-19,22-24,26H,3-7,12-17H2,1-2H3/t23-,24-/m1/s1. The van der Waals surface area contributed by atoms with Crippen LogP contribution < -0.4 is 5.32 Å². The molecule has 1 saturated carbocycles. The topological polar surface area (TPSA) is 41.6 Å². The number of hydrogen-bond donors (Lipinski definition) is 1. The number of rotatable bonds is 6. The molecule has 2 saturated heterocycles. The molecule has 4 heteroatoms. The van der Waals surface area contributed by atoms with Crippen LogP contribution in [-0.4, -0.2) is 42.6 Å². The molecule has 4 rings (SSSR count).